The van der Waals surface area contributed by atoms with Gasteiger partial charge in [0.2, 0.25) is 5.91 Å². The molecular weight excluding hydrogens is 460 g/mol. The van der Waals surface area contributed by atoms with E-state index < -0.39 is 0 Å². The minimum atomic E-state index is -0.245. The number of aliphatic hydroxyl groups is 1. The average molecular weight is 491 g/mol. The number of rotatable bonds is 2. The summed E-state index contributed by atoms with van der Waals surface area (Å²) in [4.78, 5) is 34.2. The first kappa shape index (κ1) is 22.3. The van der Waals surface area contributed by atoms with E-state index >= 15 is 0 Å². The Labute approximate surface area is 191 Å². The van der Waals surface area contributed by atoms with Gasteiger partial charge in [-0.05, 0) is 64.7 Å². The van der Waals surface area contributed by atoms with E-state index in [2.05, 4.69) is 53.8 Å². The number of nitrogens with zero attached hydrogens (tertiary/aromatic N) is 4. The molecule has 1 saturated carbocycles. The molecule has 1 aliphatic carbocycles. The van der Waals surface area contributed by atoms with Crippen LogP contribution in [0.5, 0.6) is 0 Å². The van der Waals surface area contributed by atoms with Crippen molar-refractivity contribution in [2.45, 2.75) is 64.0 Å². The molecule has 31 heavy (non-hydrogen) atoms. The third kappa shape index (κ3) is 4.24. The molecule has 2 fully saturated rings. The molecular formula is C23H31BrN4O3. The van der Waals surface area contributed by atoms with E-state index in [-0.39, 0.29) is 35.9 Å². The maximum Gasteiger partial charge on any atom is 0.290 e. The molecule has 1 saturated heterocycles. The third-order valence-electron chi connectivity index (χ3n) is 6.65. The molecule has 1 aromatic heterocycles. The Hall–Kier alpha value is -1.93. The maximum atomic E-state index is 13.3. The minimum Gasteiger partial charge on any atom is -0.393 e. The van der Waals surface area contributed by atoms with Crippen LogP contribution in [0.3, 0.4) is 0 Å². The number of aliphatic hydroxyl groups excluding tert-OH is 1. The Balaban J connectivity index is 1.54. The van der Waals surface area contributed by atoms with Crippen molar-refractivity contribution in [2.24, 2.45) is 7.05 Å². The van der Waals surface area contributed by atoms with Crippen molar-refractivity contribution in [3.05, 3.63) is 28.0 Å². The second kappa shape index (κ2) is 8.20. The van der Waals surface area contributed by atoms with Crippen LogP contribution in [0.2, 0.25) is 0 Å². The Kier molecular flexibility index (Phi) is 5.89. The van der Waals surface area contributed by atoms with E-state index in [1.165, 1.54) is 0 Å². The molecule has 2 aromatic rings. The van der Waals surface area contributed by atoms with Crippen LogP contribution in [-0.4, -0.2) is 68.1 Å². The predicted octanol–water partition coefficient (Wildman–Crippen LogP) is 3.22. The van der Waals surface area contributed by atoms with Gasteiger partial charge in [0.25, 0.3) is 5.91 Å². The molecule has 0 atom stereocenters. The molecule has 1 N–H and O–H groups in total. The first-order valence-corrected chi connectivity index (χ1v) is 11.8. The predicted molar refractivity (Wildman–Crippen MR) is 123 cm³/mol. The van der Waals surface area contributed by atoms with Crippen molar-refractivity contribution in [3.63, 3.8) is 0 Å². The smallest absolute Gasteiger partial charge is 0.290 e. The molecule has 1 aromatic carbocycles. The van der Waals surface area contributed by atoms with Crippen LogP contribution in [0.1, 0.15) is 62.6 Å². The molecule has 168 valence electrons. The monoisotopic (exact) mass is 490 g/mol. The normalized spacial score (nSPS) is 23.0. The summed E-state index contributed by atoms with van der Waals surface area (Å²) in [6.45, 7) is 7.58. The summed E-state index contributed by atoms with van der Waals surface area (Å²) in [5, 5.41) is 9.73. The Bertz CT molecular complexity index is 1020. The van der Waals surface area contributed by atoms with Crippen molar-refractivity contribution in [2.75, 3.05) is 19.6 Å². The maximum absolute atomic E-state index is 13.3. The molecule has 0 bridgehead atoms. The van der Waals surface area contributed by atoms with Crippen LogP contribution in [0, 0.1) is 0 Å². The fourth-order valence-electron chi connectivity index (χ4n) is 4.63. The SMILES string of the molecule is Cn1c(C(=O)N2CCN(C3CCC(O)CC3)C(=O)C2)nc2c(Br)cc(C(C)(C)C)cc21. The number of benzene rings is 1. The van der Waals surface area contributed by atoms with E-state index in [9.17, 15) is 14.7 Å². The topological polar surface area (TPSA) is 78.7 Å². The number of hydrogen-bond acceptors (Lipinski definition) is 4. The van der Waals surface area contributed by atoms with E-state index in [1.807, 2.05) is 16.5 Å². The van der Waals surface area contributed by atoms with Crippen LogP contribution < -0.4 is 0 Å². The van der Waals surface area contributed by atoms with Gasteiger partial charge in [-0.1, -0.05) is 20.8 Å². The number of imidazole rings is 1. The molecule has 2 amide bonds. The largest absolute Gasteiger partial charge is 0.393 e. The van der Waals surface area contributed by atoms with Gasteiger partial charge in [-0.2, -0.15) is 0 Å². The van der Waals surface area contributed by atoms with Crippen molar-refractivity contribution >= 4 is 38.8 Å². The van der Waals surface area contributed by atoms with Crippen molar-refractivity contribution in [1.29, 1.82) is 0 Å². The Morgan fingerprint density at radius 1 is 1.16 bits per heavy atom. The quantitative estimate of drug-likeness (QED) is 0.700. The summed E-state index contributed by atoms with van der Waals surface area (Å²) in [6.07, 6.45) is 2.89. The third-order valence-corrected chi connectivity index (χ3v) is 7.25. The van der Waals surface area contributed by atoms with E-state index in [4.69, 9.17) is 0 Å². The first-order valence-electron chi connectivity index (χ1n) is 11.0. The molecule has 0 radical (unpaired) electrons. The molecule has 8 heteroatoms. The zero-order valence-corrected chi connectivity index (χ0v) is 20.3. The van der Waals surface area contributed by atoms with E-state index in [0.29, 0.717) is 18.9 Å². The van der Waals surface area contributed by atoms with Crippen LogP contribution in [0.15, 0.2) is 16.6 Å². The van der Waals surface area contributed by atoms with E-state index in [1.54, 1.807) is 4.90 Å². The Morgan fingerprint density at radius 3 is 2.45 bits per heavy atom. The summed E-state index contributed by atoms with van der Waals surface area (Å²) in [5.74, 6) is 0.120. The number of amides is 2. The number of aromatic nitrogens is 2. The zero-order chi connectivity index (χ0) is 22.5. The molecule has 2 heterocycles. The van der Waals surface area contributed by atoms with Crippen molar-refractivity contribution in [1.82, 2.24) is 19.4 Å². The zero-order valence-electron chi connectivity index (χ0n) is 18.7. The second-order valence-electron chi connectivity index (χ2n) is 9.85. The number of fused-ring (bicyclic) bond motifs is 1. The summed E-state index contributed by atoms with van der Waals surface area (Å²) < 4.78 is 2.70. The highest BCUT2D eigenvalue weighted by Crippen LogP contribution is 2.32. The van der Waals surface area contributed by atoms with Crippen molar-refractivity contribution < 1.29 is 14.7 Å². The standard InChI is InChI=1S/C23H31BrN4O3/c1-23(2,3)14-11-17(24)20-18(12-14)26(4)21(25-20)22(31)27-9-10-28(19(30)13-27)15-5-7-16(29)8-6-15/h11-12,15-16,29H,5-10,13H2,1-4H3. The van der Waals surface area contributed by atoms with Gasteiger partial charge in [-0.25, -0.2) is 4.98 Å². The highest BCUT2D eigenvalue weighted by atomic mass is 79.9. The summed E-state index contributed by atoms with van der Waals surface area (Å²) in [6, 6.07) is 4.33. The van der Waals surface area contributed by atoms with Gasteiger partial charge in [0.05, 0.1) is 11.6 Å². The second-order valence-corrected chi connectivity index (χ2v) is 10.7. The number of carbonyl (C=O) groups excluding carboxylic acids is 2. The molecule has 7 nitrogen and oxygen atoms in total. The summed E-state index contributed by atoms with van der Waals surface area (Å²) in [7, 11) is 1.85. The number of carbonyl (C=O) groups is 2. The average Bonchev–Trinajstić information content (AvgIpc) is 3.05. The summed E-state index contributed by atoms with van der Waals surface area (Å²) in [5.41, 5.74) is 2.79. The van der Waals surface area contributed by atoms with Gasteiger partial charge in [0, 0.05) is 30.7 Å². The van der Waals surface area contributed by atoms with Crippen LogP contribution >= 0.6 is 15.9 Å². The minimum absolute atomic E-state index is 0.0176. The Morgan fingerprint density at radius 2 is 1.84 bits per heavy atom. The van der Waals surface area contributed by atoms with Gasteiger partial charge >= 0.3 is 0 Å². The van der Waals surface area contributed by atoms with Crippen LogP contribution in [-0.2, 0) is 17.3 Å². The highest BCUT2D eigenvalue weighted by molar-refractivity contribution is 9.10. The summed E-state index contributed by atoms with van der Waals surface area (Å²) >= 11 is 3.62. The number of halogens is 1. The fraction of sp³-hybridized carbons (Fsp3) is 0.609. The first-order chi connectivity index (χ1) is 14.6. The molecule has 1 aliphatic heterocycles. The van der Waals surface area contributed by atoms with Gasteiger partial charge in [-0.15, -0.1) is 0 Å². The molecule has 2 aliphatic rings. The van der Waals surface area contributed by atoms with Gasteiger partial charge in [-0.3, -0.25) is 9.59 Å². The lowest BCUT2D eigenvalue weighted by molar-refractivity contribution is -0.138. The lowest BCUT2D eigenvalue weighted by Crippen LogP contribution is -2.56. The van der Waals surface area contributed by atoms with Gasteiger partial charge in [0.15, 0.2) is 5.82 Å². The lowest BCUT2D eigenvalue weighted by atomic mass is 9.87. The van der Waals surface area contributed by atoms with Crippen LogP contribution in [0.4, 0.5) is 0 Å². The van der Waals surface area contributed by atoms with E-state index in [0.717, 1.165) is 46.8 Å². The fourth-order valence-corrected chi connectivity index (χ4v) is 5.17. The highest BCUT2D eigenvalue weighted by Gasteiger charge is 2.35. The number of aryl methyl sites for hydroxylation is 1. The number of hydrogen-bond donors (Lipinski definition) is 1. The van der Waals surface area contributed by atoms with Gasteiger partial charge < -0.3 is 19.5 Å². The van der Waals surface area contributed by atoms with Crippen LogP contribution in [0.25, 0.3) is 11.0 Å². The molecule has 0 unspecified atom stereocenters. The lowest BCUT2D eigenvalue weighted by Gasteiger charge is -2.41. The van der Waals surface area contributed by atoms with Crippen molar-refractivity contribution in [3.8, 4) is 0 Å². The molecule has 0 spiro atoms. The van der Waals surface area contributed by atoms with Gasteiger partial charge in [0.1, 0.15) is 12.1 Å². The molecule has 4 rings (SSSR count). The number of piperazine rings is 1.